The maximum Gasteiger partial charge on any atom is 0.210 e. The van der Waals surface area contributed by atoms with Crippen LogP contribution in [0.25, 0.3) is 10.9 Å². The number of hydrogen-bond acceptors (Lipinski definition) is 2. The SMILES string of the molecule is CC(C)c1ccc2[nH]c(C3CN(C)CCN3C=O)cc2c1. The summed E-state index contributed by atoms with van der Waals surface area (Å²) in [4.78, 5) is 19.0. The van der Waals surface area contributed by atoms with Crippen LogP contribution in [0.3, 0.4) is 0 Å². The molecule has 3 rings (SSSR count). The van der Waals surface area contributed by atoms with Gasteiger partial charge in [0.25, 0.3) is 0 Å². The first-order valence-corrected chi connectivity index (χ1v) is 7.60. The number of aromatic amines is 1. The van der Waals surface area contributed by atoms with E-state index in [1.807, 2.05) is 4.90 Å². The highest BCUT2D eigenvalue weighted by Gasteiger charge is 2.26. The number of H-pyrrole nitrogens is 1. The average Bonchev–Trinajstić information content (AvgIpc) is 2.89. The van der Waals surface area contributed by atoms with Gasteiger partial charge in [0.05, 0.1) is 6.04 Å². The van der Waals surface area contributed by atoms with Gasteiger partial charge in [0.15, 0.2) is 0 Å². The first-order valence-electron chi connectivity index (χ1n) is 7.60. The molecular weight excluding hydrogens is 262 g/mol. The van der Waals surface area contributed by atoms with E-state index in [-0.39, 0.29) is 6.04 Å². The van der Waals surface area contributed by atoms with E-state index in [0.29, 0.717) is 5.92 Å². The summed E-state index contributed by atoms with van der Waals surface area (Å²) in [5.41, 5.74) is 3.62. The van der Waals surface area contributed by atoms with Gasteiger partial charge < -0.3 is 14.8 Å². The van der Waals surface area contributed by atoms with E-state index in [4.69, 9.17) is 0 Å². The molecule has 1 aliphatic heterocycles. The summed E-state index contributed by atoms with van der Waals surface area (Å²) in [5.74, 6) is 0.528. The molecule has 1 unspecified atom stereocenters. The molecular formula is C17H23N3O. The monoisotopic (exact) mass is 285 g/mol. The normalized spacial score (nSPS) is 20.4. The standard InChI is InChI=1S/C17H23N3O/c1-12(2)13-4-5-15-14(8-13)9-16(18-15)17-10-19(3)6-7-20(17)11-21/h4-5,8-9,11-12,17-18H,6-7,10H2,1-3H3. The number of amides is 1. The number of hydrogen-bond donors (Lipinski definition) is 1. The molecule has 1 atom stereocenters. The van der Waals surface area contributed by atoms with E-state index in [1.54, 1.807) is 0 Å². The molecule has 0 spiro atoms. The Morgan fingerprint density at radius 1 is 1.29 bits per heavy atom. The van der Waals surface area contributed by atoms with Crippen molar-refractivity contribution >= 4 is 17.3 Å². The van der Waals surface area contributed by atoms with E-state index in [2.05, 4.69) is 55.0 Å². The van der Waals surface area contributed by atoms with Crippen LogP contribution in [0.5, 0.6) is 0 Å². The van der Waals surface area contributed by atoms with Crippen molar-refractivity contribution in [3.8, 4) is 0 Å². The molecule has 0 saturated carbocycles. The molecule has 112 valence electrons. The van der Waals surface area contributed by atoms with Gasteiger partial charge in [0.2, 0.25) is 6.41 Å². The van der Waals surface area contributed by atoms with Gasteiger partial charge in [-0.2, -0.15) is 0 Å². The molecule has 0 bridgehead atoms. The number of benzene rings is 1. The second-order valence-corrected chi connectivity index (χ2v) is 6.35. The highest BCUT2D eigenvalue weighted by atomic mass is 16.1. The van der Waals surface area contributed by atoms with Crippen LogP contribution in [0.2, 0.25) is 0 Å². The topological polar surface area (TPSA) is 39.3 Å². The highest BCUT2D eigenvalue weighted by molar-refractivity contribution is 5.81. The maximum atomic E-state index is 11.3. The van der Waals surface area contributed by atoms with Crippen molar-refractivity contribution in [3.05, 3.63) is 35.5 Å². The lowest BCUT2D eigenvalue weighted by atomic mass is 10.0. The number of nitrogens with zero attached hydrogens (tertiary/aromatic N) is 2. The third-order valence-corrected chi connectivity index (χ3v) is 4.45. The summed E-state index contributed by atoms with van der Waals surface area (Å²) >= 11 is 0. The van der Waals surface area contributed by atoms with Gasteiger partial charge in [-0.3, -0.25) is 4.79 Å². The molecule has 1 aromatic heterocycles. The molecule has 0 aliphatic carbocycles. The van der Waals surface area contributed by atoms with Gasteiger partial charge in [0.1, 0.15) is 0 Å². The Bertz CT molecular complexity index is 647. The fourth-order valence-electron chi connectivity index (χ4n) is 3.05. The van der Waals surface area contributed by atoms with Crippen LogP contribution in [0.1, 0.15) is 37.1 Å². The Morgan fingerprint density at radius 2 is 2.10 bits per heavy atom. The zero-order chi connectivity index (χ0) is 15.0. The van der Waals surface area contributed by atoms with Crippen molar-refractivity contribution in [1.82, 2.24) is 14.8 Å². The zero-order valence-corrected chi connectivity index (χ0v) is 13.0. The van der Waals surface area contributed by atoms with E-state index in [1.165, 1.54) is 10.9 Å². The third kappa shape index (κ3) is 2.68. The molecule has 4 heteroatoms. The summed E-state index contributed by atoms with van der Waals surface area (Å²) in [6, 6.07) is 8.89. The van der Waals surface area contributed by atoms with Crippen molar-refractivity contribution in [1.29, 1.82) is 0 Å². The Balaban J connectivity index is 1.97. The van der Waals surface area contributed by atoms with Crippen LogP contribution in [-0.4, -0.2) is 47.9 Å². The smallest absolute Gasteiger partial charge is 0.210 e. The number of piperazine rings is 1. The largest absolute Gasteiger partial charge is 0.357 e. The average molecular weight is 285 g/mol. The van der Waals surface area contributed by atoms with Gasteiger partial charge in [0, 0.05) is 36.2 Å². The van der Waals surface area contributed by atoms with E-state index in [0.717, 1.165) is 37.3 Å². The number of carbonyl (C=O) groups is 1. The lowest BCUT2D eigenvalue weighted by Crippen LogP contribution is -2.46. The molecule has 1 saturated heterocycles. The molecule has 2 heterocycles. The number of carbonyl (C=O) groups excluding carboxylic acids is 1. The fourth-order valence-corrected chi connectivity index (χ4v) is 3.05. The lowest BCUT2D eigenvalue weighted by Gasteiger charge is -2.37. The predicted octanol–water partition coefficient (Wildman–Crippen LogP) is 2.74. The first-order chi connectivity index (χ1) is 10.1. The molecule has 4 nitrogen and oxygen atoms in total. The number of likely N-dealkylation sites (N-methyl/N-ethyl adjacent to an activating group) is 1. The van der Waals surface area contributed by atoms with Crippen molar-refractivity contribution in [2.45, 2.75) is 25.8 Å². The Kier molecular flexibility index (Phi) is 3.72. The van der Waals surface area contributed by atoms with Crippen LogP contribution in [0.4, 0.5) is 0 Å². The molecule has 21 heavy (non-hydrogen) atoms. The Hall–Kier alpha value is -1.81. The van der Waals surface area contributed by atoms with Crippen LogP contribution in [0.15, 0.2) is 24.3 Å². The Labute approximate surface area is 125 Å². The van der Waals surface area contributed by atoms with Gasteiger partial charge in [-0.25, -0.2) is 0 Å². The molecule has 1 amide bonds. The minimum Gasteiger partial charge on any atom is -0.357 e. The van der Waals surface area contributed by atoms with Crippen molar-refractivity contribution in [2.24, 2.45) is 0 Å². The van der Waals surface area contributed by atoms with E-state index < -0.39 is 0 Å². The molecule has 1 aromatic carbocycles. The van der Waals surface area contributed by atoms with Gasteiger partial charge in [-0.1, -0.05) is 19.9 Å². The van der Waals surface area contributed by atoms with Crippen LogP contribution in [0, 0.1) is 0 Å². The minimum atomic E-state index is 0.121. The summed E-state index contributed by atoms with van der Waals surface area (Å²) in [6.07, 6.45) is 0.975. The summed E-state index contributed by atoms with van der Waals surface area (Å²) in [5, 5.41) is 1.23. The molecule has 0 radical (unpaired) electrons. The molecule has 2 aromatic rings. The minimum absolute atomic E-state index is 0.121. The van der Waals surface area contributed by atoms with Crippen molar-refractivity contribution < 1.29 is 4.79 Å². The summed E-state index contributed by atoms with van der Waals surface area (Å²) in [7, 11) is 2.11. The maximum absolute atomic E-state index is 11.3. The number of aromatic nitrogens is 1. The second-order valence-electron chi connectivity index (χ2n) is 6.35. The molecule has 1 aliphatic rings. The number of fused-ring (bicyclic) bond motifs is 1. The fraction of sp³-hybridized carbons (Fsp3) is 0.471. The highest BCUT2D eigenvalue weighted by Crippen LogP contribution is 2.28. The van der Waals surface area contributed by atoms with Gasteiger partial charge >= 0.3 is 0 Å². The van der Waals surface area contributed by atoms with E-state index in [9.17, 15) is 4.79 Å². The summed E-state index contributed by atoms with van der Waals surface area (Å²) < 4.78 is 0. The van der Waals surface area contributed by atoms with E-state index >= 15 is 0 Å². The number of rotatable bonds is 3. The zero-order valence-electron chi connectivity index (χ0n) is 13.0. The van der Waals surface area contributed by atoms with Crippen molar-refractivity contribution in [3.63, 3.8) is 0 Å². The third-order valence-electron chi connectivity index (χ3n) is 4.45. The first kappa shape index (κ1) is 14.1. The Morgan fingerprint density at radius 3 is 2.81 bits per heavy atom. The van der Waals surface area contributed by atoms with Gasteiger partial charge in [-0.05, 0) is 36.7 Å². The summed E-state index contributed by atoms with van der Waals surface area (Å²) in [6.45, 7) is 7.02. The predicted molar refractivity (Wildman–Crippen MR) is 85.4 cm³/mol. The number of nitrogens with one attached hydrogen (secondary N) is 1. The van der Waals surface area contributed by atoms with Crippen LogP contribution >= 0.6 is 0 Å². The molecule has 1 N–H and O–H groups in total. The van der Waals surface area contributed by atoms with Crippen LogP contribution < -0.4 is 0 Å². The van der Waals surface area contributed by atoms with Gasteiger partial charge in [-0.15, -0.1) is 0 Å². The lowest BCUT2D eigenvalue weighted by molar-refractivity contribution is -0.122. The van der Waals surface area contributed by atoms with Crippen LogP contribution in [-0.2, 0) is 4.79 Å². The molecule has 1 fully saturated rings. The van der Waals surface area contributed by atoms with Crippen molar-refractivity contribution in [2.75, 3.05) is 26.7 Å². The quantitative estimate of drug-likeness (QED) is 0.881. The second kappa shape index (κ2) is 5.53.